The van der Waals surface area contributed by atoms with E-state index >= 15 is 0 Å². The number of ether oxygens (including phenoxy) is 1. The SMILES string of the molecule is N#CCOc1cc(Nc2ccc(N)c(NC3CCCCC3)n2)ccc1/C=C/C(N)=O. The van der Waals surface area contributed by atoms with Crippen LogP contribution < -0.4 is 26.8 Å². The Bertz CT molecular complexity index is 961. The van der Waals surface area contributed by atoms with Crippen molar-refractivity contribution < 1.29 is 9.53 Å². The first-order valence-corrected chi connectivity index (χ1v) is 9.96. The molecule has 1 aliphatic carbocycles. The minimum Gasteiger partial charge on any atom is -0.478 e. The van der Waals surface area contributed by atoms with E-state index < -0.39 is 5.91 Å². The van der Waals surface area contributed by atoms with E-state index in [2.05, 4.69) is 15.6 Å². The Morgan fingerprint density at radius 2 is 2.07 bits per heavy atom. The van der Waals surface area contributed by atoms with Gasteiger partial charge in [0.2, 0.25) is 5.91 Å². The third-order valence-corrected chi connectivity index (χ3v) is 4.88. The molecule has 1 saturated carbocycles. The minimum absolute atomic E-state index is 0.115. The number of nitrogens with zero attached hydrogens (tertiary/aromatic N) is 2. The fourth-order valence-electron chi connectivity index (χ4n) is 3.40. The summed E-state index contributed by atoms with van der Waals surface area (Å²) in [4.78, 5) is 15.6. The van der Waals surface area contributed by atoms with Crippen molar-refractivity contribution in [3.63, 3.8) is 0 Å². The van der Waals surface area contributed by atoms with E-state index in [1.54, 1.807) is 24.3 Å². The molecule has 0 spiro atoms. The molecule has 3 rings (SSSR count). The summed E-state index contributed by atoms with van der Waals surface area (Å²) in [5.74, 6) is 1.20. The third kappa shape index (κ3) is 5.88. The Morgan fingerprint density at radius 1 is 1.27 bits per heavy atom. The predicted octanol–water partition coefficient (Wildman–Crippen LogP) is 3.55. The first-order valence-electron chi connectivity index (χ1n) is 9.96. The van der Waals surface area contributed by atoms with Crippen molar-refractivity contribution in [2.24, 2.45) is 5.73 Å². The highest BCUT2D eigenvalue weighted by molar-refractivity contribution is 5.90. The molecule has 1 fully saturated rings. The molecule has 0 unspecified atom stereocenters. The van der Waals surface area contributed by atoms with E-state index in [4.69, 9.17) is 21.5 Å². The average Bonchev–Trinajstić information content (AvgIpc) is 2.74. The van der Waals surface area contributed by atoms with E-state index in [1.807, 2.05) is 18.2 Å². The Kier molecular flexibility index (Phi) is 7.11. The largest absolute Gasteiger partial charge is 0.478 e. The first kappa shape index (κ1) is 21.0. The van der Waals surface area contributed by atoms with Gasteiger partial charge < -0.3 is 26.8 Å². The van der Waals surface area contributed by atoms with E-state index in [0.717, 1.165) is 18.5 Å². The van der Waals surface area contributed by atoms with Crippen molar-refractivity contribution in [1.29, 1.82) is 5.26 Å². The topological polar surface area (TPSA) is 139 Å². The lowest BCUT2D eigenvalue weighted by atomic mass is 9.95. The van der Waals surface area contributed by atoms with Gasteiger partial charge in [-0.25, -0.2) is 4.98 Å². The van der Waals surface area contributed by atoms with Gasteiger partial charge in [-0.2, -0.15) is 5.26 Å². The zero-order valence-electron chi connectivity index (χ0n) is 16.7. The van der Waals surface area contributed by atoms with Crippen LogP contribution in [-0.4, -0.2) is 23.5 Å². The number of carbonyl (C=O) groups excluding carboxylic acids is 1. The van der Waals surface area contributed by atoms with Crippen molar-refractivity contribution in [3.05, 3.63) is 42.0 Å². The first-order chi connectivity index (χ1) is 14.5. The molecular weight excluding hydrogens is 380 g/mol. The van der Waals surface area contributed by atoms with Crippen LogP contribution in [-0.2, 0) is 4.79 Å². The van der Waals surface area contributed by atoms with Crippen LogP contribution in [0, 0.1) is 11.3 Å². The van der Waals surface area contributed by atoms with E-state index in [1.165, 1.54) is 25.3 Å². The summed E-state index contributed by atoms with van der Waals surface area (Å²) in [5, 5.41) is 15.5. The highest BCUT2D eigenvalue weighted by atomic mass is 16.5. The van der Waals surface area contributed by atoms with Crippen molar-refractivity contribution in [2.45, 2.75) is 38.1 Å². The Morgan fingerprint density at radius 3 is 2.80 bits per heavy atom. The second-order valence-corrected chi connectivity index (χ2v) is 7.17. The highest BCUT2D eigenvalue weighted by Crippen LogP contribution is 2.29. The lowest BCUT2D eigenvalue weighted by Gasteiger charge is -2.24. The number of nitrogen functional groups attached to an aromatic ring is 1. The lowest BCUT2D eigenvalue weighted by Crippen LogP contribution is -2.23. The van der Waals surface area contributed by atoms with Gasteiger partial charge in [0.15, 0.2) is 12.4 Å². The summed E-state index contributed by atoms with van der Waals surface area (Å²) in [7, 11) is 0. The van der Waals surface area contributed by atoms with Gasteiger partial charge in [-0.05, 0) is 43.2 Å². The molecule has 30 heavy (non-hydrogen) atoms. The van der Waals surface area contributed by atoms with Gasteiger partial charge in [0, 0.05) is 29.4 Å². The van der Waals surface area contributed by atoms with Crippen molar-refractivity contribution >= 4 is 35.0 Å². The number of nitriles is 1. The van der Waals surface area contributed by atoms with Crippen LogP contribution in [0.3, 0.4) is 0 Å². The van der Waals surface area contributed by atoms with E-state index in [9.17, 15) is 4.79 Å². The van der Waals surface area contributed by atoms with Gasteiger partial charge >= 0.3 is 0 Å². The second kappa shape index (κ2) is 10.2. The standard InChI is InChI=1S/C22H26N6O2/c23-12-13-30-19-14-17(8-6-15(19)7-10-20(25)29)26-21-11-9-18(24)22(28-21)27-16-4-2-1-3-5-16/h6-11,14,16H,1-5,13,24H2,(H2,25,29)(H2,26,27,28)/b10-7+. The molecule has 1 aromatic carbocycles. The maximum Gasteiger partial charge on any atom is 0.241 e. The summed E-state index contributed by atoms with van der Waals surface area (Å²) in [5.41, 5.74) is 13.2. The number of hydrogen-bond acceptors (Lipinski definition) is 7. The number of primary amides is 1. The summed E-state index contributed by atoms with van der Waals surface area (Å²) >= 11 is 0. The summed E-state index contributed by atoms with van der Waals surface area (Å²) in [6.45, 7) is -0.115. The lowest BCUT2D eigenvalue weighted by molar-refractivity contribution is -0.113. The smallest absolute Gasteiger partial charge is 0.241 e. The minimum atomic E-state index is -0.562. The molecule has 0 atom stereocenters. The van der Waals surface area contributed by atoms with Gasteiger partial charge in [-0.15, -0.1) is 0 Å². The van der Waals surface area contributed by atoms with Crippen molar-refractivity contribution in [2.75, 3.05) is 23.0 Å². The number of rotatable bonds is 8. The molecular formula is C22H26N6O2. The predicted molar refractivity (Wildman–Crippen MR) is 118 cm³/mol. The monoisotopic (exact) mass is 406 g/mol. The van der Waals surface area contributed by atoms with Gasteiger partial charge in [-0.3, -0.25) is 4.79 Å². The number of carbonyl (C=O) groups is 1. The number of aromatic nitrogens is 1. The zero-order valence-corrected chi connectivity index (χ0v) is 16.7. The quantitative estimate of drug-likeness (QED) is 0.492. The molecule has 6 N–H and O–H groups in total. The Hall–Kier alpha value is -3.73. The molecule has 156 valence electrons. The van der Waals surface area contributed by atoms with Crippen LogP contribution >= 0.6 is 0 Å². The fraction of sp³-hybridized carbons (Fsp3) is 0.318. The third-order valence-electron chi connectivity index (χ3n) is 4.88. The number of amides is 1. The molecule has 0 bridgehead atoms. The molecule has 1 heterocycles. The highest BCUT2D eigenvalue weighted by Gasteiger charge is 2.15. The number of anilines is 4. The summed E-state index contributed by atoms with van der Waals surface area (Å²) < 4.78 is 5.48. The van der Waals surface area contributed by atoms with E-state index in [0.29, 0.717) is 34.7 Å². The number of nitrogens with two attached hydrogens (primary N) is 2. The molecule has 8 heteroatoms. The van der Waals surface area contributed by atoms with Crippen LogP contribution in [0.2, 0.25) is 0 Å². The molecule has 0 radical (unpaired) electrons. The van der Waals surface area contributed by atoms with Crippen LogP contribution in [0.5, 0.6) is 5.75 Å². The molecule has 2 aromatic rings. The maximum atomic E-state index is 11.0. The van der Waals surface area contributed by atoms with Gasteiger partial charge in [0.05, 0.1) is 5.69 Å². The number of benzene rings is 1. The van der Waals surface area contributed by atoms with Crippen LogP contribution in [0.4, 0.5) is 23.0 Å². The molecule has 8 nitrogen and oxygen atoms in total. The van der Waals surface area contributed by atoms with Crippen LogP contribution in [0.15, 0.2) is 36.4 Å². The Balaban J connectivity index is 1.78. The van der Waals surface area contributed by atoms with Gasteiger partial charge in [-0.1, -0.05) is 19.3 Å². The van der Waals surface area contributed by atoms with Crippen LogP contribution in [0.25, 0.3) is 6.08 Å². The number of hydrogen-bond donors (Lipinski definition) is 4. The number of nitrogens with one attached hydrogen (secondary N) is 2. The fourth-order valence-corrected chi connectivity index (χ4v) is 3.40. The van der Waals surface area contributed by atoms with Crippen LogP contribution in [0.1, 0.15) is 37.7 Å². The maximum absolute atomic E-state index is 11.0. The molecule has 0 aliphatic heterocycles. The molecule has 1 amide bonds. The normalized spacial score (nSPS) is 14.2. The molecule has 1 aromatic heterocycles. The van der Waals surface area contributed by atoms with Gasteiger partial charge in [0.1, 0.15) is 17.6 Å². The second-order valence-electron chi connectivity index (χ2n) is 7.17. The van der Waals surface area contributed by atoms with Crippen molar-refractivity contribution in [3.8, 4) is 11.8 Å². The summed E-state index contributed by atoms with van der Waals surface area (Å²) in [6, 6.07) is 11.3. The Labute approximate surface area is 175 Å². The van der Waals surface area contributed by atoms with Crippen molar-refractivity contribution in [1.82, 2.24) is 4.98 Å². The van der Waals surface area contributed by atoms with Gasteiger partial charge in [0.25, 0.3) is 0 Å². The average molecular weight is 406 g/mol. The zero-order chi connectivity index (χ0) is 21.3. The summed E-state index contributed by atoms with van der Waals surface area (Å²) in [6.07, 6.45) is 8.76. The van der Waals surface area contributed by atoms with E-state index in [-0.39, 0.29) is 6.61 Å². The number of pyridine rings is 1. The molecule has 1 aliphatic rings. The molecule has 0 saturated heterocycles.